The van der Waals surface area contributed by atoms with Crippen LogP contribution in [0.5, 0.6) is 0 Å². The first-order valence-corrected chi connectivity index (χ1v) is 7.87. The van der Waals surface area contributed by atoms with Crippen LogP contribution >= 0.6 is 0 Å². The molecule has 0 amide bonds. The molecule has 2 unspecified atom stereocenters. The first kappa shape index (κ1) is 16.9. The highest BCUT2D eigenvalue weighted by molar-refractivity contribution is 4.98. The van der Waals surface area contributed by atoms with Crippen molar-refractivity contribution in [3.8, 4) is 0 Å². The summed E-state index contributed by atoms with van der Waals surface area (Å²) in [6.07, 6.45) is 6.17. The van der Waals surface area contributed by atoms with Gasteiger partial charge in [0.1, 0.15) is 0 Å². The maximum absolute atomic E-state index is 5.56. The van der Waals surface area contributed by atoms with Gasteiger partial charge in [-0.2, -0.15) is 0 Å². The number of likely N-dealkylation sites (tertiary alicyclic amines) is 1. The number of nitrogens with one attached hydrogen (secondary N) is 1. The minimum absolute atomic E-state index is 0.0191. The normalized spacial score (nSPS) is 22.4. The highest BCUT2D eigenvalue weighted by Crippen LogP contribution is 2.31. The first-order chi connectivity index (χ1) is 8.89. The molecule has 3 nitrogen and oxygen atoms in total. The van der Waals surface area contributed by atoms with Crippen LogP contribution in [0.25, 0.3) is 0 Å². The van der Waals surface area contributed by atoms with Crippen molar-refractivity contribution in [3.63, 3.8) is 0 Å². The summed E-state index contributed by atoms with van der Waals surface area (Å²) in [6.45, 7) is 11.6. The topological polar surface area (TPSA) is 24.5 Å². The van der Waals surface area contributed by atoms with Crippen molar-refractivity contribution in [1.29, 1.82) is 0 Å². The van der Waals surface area contributed by atoms with Gasteiger partial charge in [0.2, 0.25) is 0 Å². The van der Waals surface area contributed by atoms with Crippen molar-refractivity contribution in [2.45, 2.75) is 77.0 Å². The van der Waals surface area contributed by atoms with Gasteiger partial charge in [-0.25, -0.2) is 0 Å². The number of nitrogens with zero attached hydrogens (tertiary/aromatic N) is 1. The largest absolute Gasteiger partial charge is 0.379 e. The average molecular weight is 270 g/mol. The van der Waals surface area contributed by atoms with E-state index in [0.717, 1.165) is 12.8 Å². The maximum atomic E-state index is 5.56. The van der Waals surface area contributed by atoms with Gasteiger partial charge in [0.05, 0.1) is 5.60 Å². The molecule has 0 aliphatic carbocycles. The second-order valence-corrected chi connectivity index (χ2v) is 6.75. The second-order valence-electron chi connectivity index (χ2n) is 6.75. The molecule has 0 saturated carbocycles. The van der Waals surface area contributed by atoms with Gasteiger partial charge in [-0.05, 0) is 73.0 Å². The Morgan fingerprint density at radius 2 is 1.79 bits per heavy atom. The zero-order valence-electron chi connectivity index (χ0n) is 13.9. The third kappa shape index (κ3) is 4.17. The Kier molecular flexibility index (Phi) is 6.28. The molecule has 1 saturated heterocycles. The van der Waals surface area contributed by atoms with Gasteiger partial charge in [-0.15, -0.1) is 0 Å². The minimum Gasteiger partial charge on any atom is -0.379 e. The highest BCUT2D eigenvalue weighted by atomic mass is 16.5. The maximum Gasteiger partial charge on any atom is 0.0623 e. The van der Waals surface area contributed by atoms with Gasteiger partial charge in [0.15, 0.2) is 0 Å². The Morgan fingerprint density at radius 3 is 2.21 bits per heavy atom. The van der Waals surface area contributed by atoms with E-state index in [-0.39, 0.29) is 11.1 Å². The predicted octanol–water partition coefficient (Wildman–Crippen LogP) is 3.04. The lowest BCUT2D eigenvalue weighted by Gasteiger charge is -2.45. The molecule has 0 aromatic rings. The van der Waals surface area contributed by atoms with Gasteiger partial charge in [-0.3, -0.25) is 4.90 Å². The van der Waals surface area contributed by atoms with Crippen LogP contribution in [0.4, 0.5) is 0 Å². The summed E-state index contributed by atoms with van der Waals surface area (Å²) < 4.78 is 5.56. The van der Waals surface area contributed by atoms with E-state index in [4.69, 9.17) is 4.74 Å². The van der Waals surface area contributed by atoms with Crippen molar-refractivity contribution in [1.82, 2.24) is 10.2 Å². The highest BCUT2D eigenvalue weighted by Gasteiger charge is 2.39. The van der Waals surface area contributed by atoms with E-state index < -0.39 is 0 Å². The van der Waals surface area contributed by atoms with Crippen molar-refractivity contribution >= 4 is 0 Å². The van der Waals surface area contributed by atoms with E-state index in [1.807, 2.05) is 7.11 Å². The molecule has 3 heteroatoms. The lowest BCUT2D eigenvalue weighted by molar-refractivity contribution is 0.00301. The molecule has 1 aliphatic rings. The van der Waals surface area contributed by atoms with Gasteiger partial charge < -0.3 is 10.1 Å². The van der Waals surface area contributed by atoms with Crippen LogP contribution in [0.15, 0.2) is 0 Å². The monoisotopic (exact) mass is 270 g/mol. The molecule has 0 bridgehead atoms. The molecule has 19 heavy (non-hydrogen) atoms. The number of ether oxygens (including phenoxy) is 1. The zero-order chi connectivity index (χ0) is 14.5. The summed E-state index contributed by atoms with van der Waals surface area (Å²) in [7, 11) is 3.92. The van der Waals surface area contributed by atoms with Crippen LogP contribution in [-0.4, -0.2) is 49.3 Å². The van der Waals surface area contributed by atoms with Crippen LogP contribution in [0.3, 0.4) is 0 Å². The van der Waals surface area contributed by atoms with Crippen LogP contribution < -0.4 is 5.32 Å². The predicted molar refractivity (Wildman–Crippen MR) is 82.7 cm³/mol. The number of hydrogen-bond donors (Lipinski definition) is 1. The van der Waals surface area contributed by atoms with Gasteiger partial charge in [0, 0.05) is 18.7 Å². The van der Waals surface area contributed by atoms with E-state index >= 15 is 0 Å². The molecule has 0 radical (unpaired) electrons. The number of likely N-dealkylation sites (N-methyl/N-ethyl adjacent to an activating group) is 1. The van der Waals surface area contributed by atoms with Crippen molar-refractivity contribution in [2.24, 2.45) is 0 Å². The van der Waals surface area contributed by atoms with E-state index in [1.54, 1.807) is 0 Å². The quantitative estimate of drug-likeness (QED) is 0.733. The Balaban J connectivity index is 2.69. The fourth-order valence-corrected chi connectivity index (χ4v) is 3.28. The van der Waals surface area contributed by atoms with E-state index in [1.165, 1.54) is 32.4 Å². The molecule has 0 spiro atoms. The summed E-state index contributed by atoms with van der Waals surface area (Å²) in [5.41, 5.74) is 0.254. The molecule has 2 atom stereocenters. The third-order valence-corrected chi connectivity index (χ3v) is 5.23. The second kappa shape index (κ2) is 7.05. The fraction of sp³-hybridized carbons (Fsp3) is 1.00. The molecule has 1 aliphatic heterocycles. The molecule has 0 aromatic heterocycles. The number of methoxy groups -OCH3 is 1. The SMILES string of the molecule is CCC(C)(C(CCC(C)(C)OC)NC)N1CCCC1. The van der Waals surface area contributed by atoms with Crippen molar-refractivity contribution in [3.05, 3.63) is 0 Å². The van der Waals surface area contributed by atoms with Gasteiger partial charge in [-0.1, -0.05) is 6.92 Å². The fourth-order valence-electron chi connectivity index (χ4n) is 3.28. The van der Waals surface area contributed by atoms with E-state index in [9.17, 15) is 0 Å². The first-order valence-electron chi connectivity index (χ1n) is 7.87. The van der Waals surface area contributed by atoms with E-state index in [0.29, 0.717) is 6.04 Å². The Hall–Kier alpha value is -0.120. The lowest BCUT2D eigenvalue weighted by atomic mass is 9.83. The van der Waals surface area contributed by atoms with Gasteiger partial charge >= 0.3 is 0 Å². The van der Waals surface area contributed by atoms with Crippen LogP contribution in [0, 0.1) is 0 Å². The molecule has 1 rings (SSSR count). The van der Waals surface area contributed by atoms with Crippen LogP contribution in [0.1, 0.15) is 59.8 Å². The molecular formula is C16H34N2O. The third-order valence-electron chi connectivity index (χ3n) is 5.23. The standard InChI is InChI=1S/C16H34N2O/c1-7-16(4,18-12-8-9-13-18)14(17-5)10-11-15(2,3)19-6/h14,17H,7-13H2,1-6H3. The Bertz CT molecular complexity index is 261. The number of rotatable bonds is 8. The molecule has 1 fully saturated rings. The summed E-state index contributed by atoms with van der Waals surface area (Å²) in [6, 6.07) is 0.532. The molecule has 114 valence electrons. The minimum atomic E-state index is -0.0191. The summed E-state index contributed by atoms with van der Waals surface area (Å²) >= 11 is 0. The lowest BCUT2D eigenvalue weighted by Crippen LogP contribution is -2.58. The zero-order valence-corrected chi connectivity index (χ0v) is 13.9. The summed E-state index contributed by atoms with van der Waals surface area (Å²) in [5, 5.41) is 3.57. The molecule has 0 aromatic carbocycles. The Labute approximate surface area is 120 Å². The van der Waals surface area contributed by atoms with Gasteiger partial charge in [0.25, 0.3) is 0 Å². The van der Waals surface area contributed by atoms with E-state index in [2.05, 4.69) is 45.0 Å². The molecule has 1 heterocycles. The number of hydrogen-bond acceptors (Lipinski definition) is 3. The summed E-state index contributed by atoms with van der Waals surface area (Å²) in [4.78, 5) is 2.69. The smallest absolute Gasteiger partial charge is 0.0623 e. The summed E-state index contributed by atoms with van der Waals surface area (Å²) in [5.74, 6) is 0. The van der Waals surface area contributed by atoms with Crippen molar-refractivity contribution < 1.29 is 4.74 Å². The average Bonchev–Trinajstić information content (AvgIpc) is 2.93. The molecule has 1 N–H and O–H groups in total. The molecular weight excluding hydrogens is 236 g/mol. The van der Waals surface area contributed by atoms with Crippen LogP contribution in [0.2, 0.25) is 0 Å². The Morgan fingerprint density at radius 1 is 1.21 bits per heavy atom. The van der Waals surface area contributed by atoms with Crippen molar-refractivity contribution in [2.75, 3.05) is 27.2 Å². The van der Waals surface area contributed by atoms with Crippen LogP contribution in [-0.2, 0) is 4.74 Å².